The van der Waals surface area contributed by atoms with Crippen LogP contribution in [0.4, 0.5) is 5.69 Å². The molecule has 2 amide bonds. The van der Waals surface area contributed by atoms with Crippen molar-refractivity contribution in [2.24, 2.45) is 14.1 Å². The Bertz CT molecular complexity index is 1310. The van der Waals surface area contributed by atoms with Crippen molar-refractivity contribution in [2.75, 3.05) is 19.0 Å². The number of anilines is 1. The standard InChI is InChI=1S/C20H19N5O6/c1-24-16-13(19(29)25(2)20(24)30)8-9-14(23-16)18(28)22-12-6-4-11(5-7-12)17(27)21-10-15(26)31-3/h4-9H,10H2,1-3H3,(H,21,27)(H,22,28). The zero-order chi connectivity index (χ0) is 22.7. The molecule has 0 saturated carbocycles. The number of rotatable bonds is 5. The van der Waals surface area contributed by atoms with Crippen molar-refractivity contribution in [1.29, 1.82) is 0 Å². The van der Waals surface area contributed by atoms with Gasteiger partial charge in [0.2, 0.25) is 0 Å². The van der Waals surface area contributed by atoms with Crippen LogP contribution in [0.3, 0.4) is 0 Å². The lowest BCUT2D eigenvalue weighted by molar-refractivity contribution is -0.139. The van der Waals surface area contributed by atoms with Crippen molar-refractivity contribution in [1.82, 2.24) is 19.4 Å². The highest BCUT2D eigenvalue weighted by Crippen LogP contribution is 2.12. The molecule has 11 heteroatoms. The topological polar surface area (TPSA) is 141 Å². The van der Waals surface area contributed by atoms with E-state index in [1.807, 2.05) is 0 Å². The number of hydrogen-bond donors (Lipinski definition) is 2. The number of nitrogens with one attached hydrogen (secondary N) is 2. The number of pyridine rings is 1. The minimum absolute atomic E-state index is 0.00986. The summed E-state index contributed by atoms with van der Waals surface area (Å²) < 4.78 is 6.60. The van der Waals surface area contributed by atoms with Gasteiger partial charge in [-0.15, -0.1) is 0 Å². The van der Waals surface area contributed by atoms with Crippen LogP contribution in [-0.2, 0) is 23.6 Å². The minimum atomic E-state index is -0.574. The SMILES string of the molecule is COC(=O)CNC(=O)c1ccc(NC(=O)c2ccc3c(=O)n(C)c(=O)n(C)c3n2)cc1. The summed E-state index contributed by atoms with van der Waals surface area (Å²) in [5.74, 6) is -1.60. The molecular formula is C20H19N5O6. The summed E-state index contributed by atoms with van der Waals surface area (Å²) >= 11 is 0. The lowest BCUT2D eigenvalue weighted by Crippen LogP contribution is -2.37. The summed E-state index contributed by atoms with van der Waals surface area (Å²) in [4.78, 5) is 64.1. The molecule has 0 saturated heterocycles. The van der Waals surface area contributed by atoms with Crippen molar-refractivity contribution in [3.05, 3.63) is 68.5 Å². The second-order valence-electron chi connectivity index (χ2n) is 6.56. The van der Waals surface area contributed by atoms with Crippen molar-refractivity contribution in [2.45, 2.75) is 0 Å². The summed E-state index contributed by atoms with van der Waals surface area (Å²) in [6.07, 6.45) is 0. The van der Waals surface area contributed by atoms with Crippen molar-refractivity contribution in [3.8, 4) is 0 Å². The van der Waals surface area contributed by atoms with Gasteiger partial charge < -0.3 is 15.4 Å². The van der Waals surface area contributed by atoms with Crippen LogP contribution >= 0.6 is 0 Å². The molecule has 2 heterocycles. The lowest BCUT2D eigenvalue weighted by atomic mass is 10.2. The first-order valence-electron chi connectivity index (χ1n) is 9.06. The molecule has 160 valence electrons. The number of amides is 2. The molecule has 0 aliphatic heterocycles. The normalized spacial score (nSPS) is 10.5. The van der Waals surface area contributed by atoms with E-state index >= 15 is 0 Å². The van der Waals surface area contributed by atoms with Gasteiger partial charge in [0, 0.05) is 25.3 Å². The molecular weight excluding hydrogens is 406 g/mol. The fourth-order valence-corrected chi connectivity index (χ4v) is 2.81. The Morgan fingerprint density at radius 3 is 2.29 bits per heavy atom. The van der Waals surface area contributed by atoms with Crippen LogP contribution in [0.1, 0.15) is 20.8 Å². The molecule has 3 rings (SSSR count). The number of nitrogens with zero attached hydrogens (tertiary/aromatic N) is 3. The second kappa shape index (κ2) is 8.61. The Labute approximate surface area is 175 Å². The van der Waals surface area contributed by atoms with Gasteiger partial charge in [0.1, 0.15) is 17.9 Å². The van der Waals surface area contributed by atoms with Gasteiger partial charge in [0.15, 0.2) is 0 Å². The number of hydrogen-bond acceptors (Lipinski definition) is 7. The third kappa shape index (κ3) is 4.34. The van der Waals surface area contributed by atoms with Crippen LogP contribution in [-0.4, -0.2) is 45.6 Å². The van der Waals surface area contributed by atoms with E-state index in [1.165, 1.54) is 62.2 Å². The molecule has 1 aromatic carbocycles. The largest absolute Gasteiger partial charge is 0.468 e. The molecule has 0 aliphatic rings. The van der Waals surface area contributed by atoms with Gasteiger partial charge >= 0.3 is 11.7 Å². The van der Waals surface area contributed by atoms with Crippen molar-refractivity contribution >= 4 is 34.5 Å². The molecule has 11 nitrogen and oxygen atoms in total. The van der Waals surface area contributed by atoms with E-state index in [2.05, 4.69) is 20.4 Å². The van der Waals surface area contributed by atoms with Crippen LogP contribution in [0.25, 0.3) is 11.0 Å². The number of fused-ring (bicyclic) bond motifs is 1. The Kier molecular flexibility index (Phi) is 5.95. The first-order valence-corrected chi connectivity index (χ1v) is 9.06. The highest BCUT2D eigenvalue weighted by Gasteiger charge is 2.14. The van der Waals surface area contributed by atoms with Crippen molar-refractivity contribution in [3.63, 3.8) is 0 Å². The van der Waals surface area contributed by atoms with E-state index in [9.17, 15) is 24.0 Å². The van der Waals surface area contributed by atoms with Crippen molar-refractivity contribution < 1.29 is 19.1 Å². The van der Waals surface area contributed by atoms with Crippen LogP contribution < -0.4 is 21.9 Å². The molecule has 0 fully saturated rings. The van der Waals surface area contributed by atoms with Crippen LogP contribution in [0.5, 0.6) is 0 Å². The number of carbonyl (C=O) groups is 3. The molecule has 0 atom stereocenters. The van der Waals surface area contributed by atoms with Gasteiger partial charge in [-0.05, 0) is 36.4 Å². The molecule has 0 radical (unpaired) electrons. The lowest BCUT2D eigenvalue weighted by Gasteiger charge is -2.09. The molecule has 0 aliphatic carbocycles. The highest BCUT2D eigenvalue weighted by molar-refractivity contribution is 6.04. The summed E-state index contributed by atoms with van der Waals surface area (Å²) in [5, 5.41) is 5.25. The number of benzene rings is 1. The Morgan fingerprint density at radius 2 is 1.65 bits per heavy atom. The van der Waals surface area contributed by atoms with Crippen LogP contribution in [0, 0.1) is 0 Å². The summed E-state index contributed by atoms with van der Waals surface area (Å²) in [6, 6.07) is 8.80. The quantitative estimate of drug-likeness (QED) is 0.539. The zero-order valence-corrected chi connectivity index (χ0v) is 17.0. The monoisotopic (exact) mass is 425 g/mol. The fourth-order valence-electron chi connectivity index (χ4n) is 2.81. The van der Waals surface area contributed by atoms with E-state index in [0.717, 1.165) is 4.57 Å². The van der Waals surface area contributed by atoms with E-state index in [0.29, 0.717) is 5.69 Å². The maximum Gasteiger partial charge on any atom is 0.332 e. The number of esters is 1. The summed E-state index contributed by atoms with van der Waals surface area (Å²) in [5.41, 5.74) is -0.262. The first kappa shape index (κ1) is 21.4. The average Bonchev–Trinajstić information content (AvgIpc) is 2.79. The van der Waals surface area contributed by atoms with E-state index in [-0.39, 0.29) is 28.8 Å². The zero-order valence-electron chi connectivity index (χ0n) is 17.0. The third-order valence-corrected chi connectivity index (χ3v) is 4.56. The maximum absolute atomic E-state index is 12.6. The predicted octanol–water partition coefficient (Wildman–Crippen LogP) is -0.213. The van der Waals surface area contributed by atoms with E-state index < -0.39 is 29.0 Å². The summed E-state index contributed by atoms with van der Waals surface area (Å²) in [7, 11) is 4.04. The van der Waals surface area contributed by atoms with Gasteiger partial charge in [-0.1, -0.05) is 0 Å². The molecule has 0 spiro atoms. The van der Waals surface area contributed by atoms with Crippen LogP contribution in [0.2, 0.25) is 0 Å². The Hall–Kier alpha value is -4.28. The first-order chi connectivity index (χ1) is 14.7. The third-order valence-electron chi connectivity index (χ3n) is 4.56. The Morgan fingerprint density at radius 1 is 0.968 bits per heavy atom. The summed E-state index contributed by atoms with van der Waals surface area (Å²) in [6.45, 7) is -0.257. The second-order valence-corrected chi connectivity index (χ2v) is 6.56. The van der Waals surface area contributed by atoms with E-state index in [1.54, 1.807) is 0 Å². The van der Waals surface area contributed by atoms with Gasteiger partial charge in [-0.25, -0.2) is 9.78 Å². The smallest absolute Gasteiger partial charge is 0.332 e. The molecule has 0 bridgehead atoms. The highest BCUT2D eigenvalue weighted by atomic mass is 16.5. The molecule has 3 aromatic rings. The fraction of sp³-hybridized carbons (Fsp3) is 0.200. The van der Waals surface area contributed by atoms with Crippen LogP contribution in [0.15, 0.2) is 46.0 Å². The molecule has 0 unspecified atom stereocenters. The molecule has 2 N–H and O–H groups in total. The minimum Gasteiger partial charge on any atom is -0.468 e. The number of ether oxygens (including phenoxy) is 1. The van der Waals surface area contributed by atoms with Gasteiger partial charge in [-0.2, -0.15) is 0 Å². The molecule has 2 aromatic heterocycles. The maximum atomic E-state index is 12.6. The van der Waals surface area contributed by atoms with Gasteiger partial charge in [0.05, 0.1) is 12.5 Å². The predicted molar refractivity (Wildman–Crippen MR) is 111 cm³/mol. The average molecular weight is 425 g/mol. The number of carbonyl (C=O) groups excluding carboxylic acids is 3. The number of aromatic nitrogens is 3. The van der Waals surface area contributed by atoms with Gasteiger partial charge in [0.25, 0.3) is 17.4 Å². The Balaban J connectivity index is 1.78. The number of aryl methyl sites for hydroxylation is 1. The van der Waals surface area contributed by atoms with Gasteiger partial charge in [-0.3, -0.25) is 28.3 Å². The van der Waals surface area contributed by atoms with E-state index in [4.69, 9.17) is 0 Å². The molecule has 31 heavy (non-hydrogen) atoms. The number of methoxy groups -OCH3 is 1.